The topological polar surface area (TPSA) is 37.3 Å². The number of carbonyl (C=O) groups is 1. The van der Waals surface area contributed by atoms with Crippen LogP contribution in [0.25, 0.3) is 10.9 Å². The highest BCUT2D eigenvalue weighted by molar-refractivity contribution is 6.38. The van der Waals surface area contributed by atoms with E-state index in [-0.39, 0.29) is 5.91 Å². The zero-order chi connectivity index (χ0) is 18.7. The Labute approximate surface area is 159 Å². The van der Waals surface area contributed by atoms with Crippen molar-refractivity contribution < 1.29 is 4.79 Å². The minimum atomic E-state index is -0.128. The normalized spacial score (nSPS) is 10.9. The summed E-state index contributed by atoms with van der Waals surface area (Å²) in [5, 5.41) is 4.41. The summed E-state index contributed by atoms with van der Waals surface area (Å²) in [7, 11) is 5.93. The monoisotopic (exact) mass is 369 g/mol. The van der Waals surface area contributed by atoms with Crippen molar-refractivity contribution in [2.75, 3.05) is 25.5 Å². The molecule has 0 aliphatic rings. The number of benzene rings is 2. The first-order valence-corrected chi connectivity index (χ1v) is 9.14. The van der Waals surface area contributed by atoms with Crippen LogP contribution in [-0.2, 0) is 13.5 Å². The second-order valence-corrected chi connectivity index (χ2v) is 7.04. The highest BCUT2D eigenvalue weighted by Crippen LogP contribution is 2.29. The summed E-state index contributed by atoms with van der Waals surface area (Å²) < 4.78 is 1.85. The molecule has 0 saturated carbocycles. The van der Waals surface area contributed by atoms with Crippen molar-refractivity contribution in [1.82, 2.24) is 9.88 Å². The molecule has 0 aliphatic carbocycles. The second kappa shape index (κ2) is 7.83. The van der Waals surface area contributed by atoms with Gasteiger partial charge in [0.2, 0.25) is 0 Å². The lowest BCUT2D eigenvalue weighted by molar-refractivity contribution is 0.0945. The van der Waals surface area contributed by atoms with E-state index >= 15 is 0 Å². The highest BCUT2D eigenvalue weighted by atomic mass is 35.5. The lowest BCUT2D eigenvalue weighted by Gasteiger charge is -2.12. The summed E-state index contributed by atoms with van der Waals surface area (Å²) >= 11 is 6.42. The molecule has 1 amide bonds. The van der Waals surface area contributed by atoms with Gasteiger partial charge in [-0.15, -0.1) is 0 Å². The molecule has 0 unspecified atom stereocenters. The number of hydrogen-bond acceptors (Lipinski definition) is 2. The fourth-order valence-electron chi connectivity index (χ4n) is 3.14. The van der Waals surface area contributed by atoms with Crippen LogP contribution in [0.15, 0.2) is 48.5 Å². The van der Waals surface area contributed by atoms with Gasteiger partial charge in [0.15, 0.2) is 0 Å². The summed E-state index contributed by atoms with van der Waals surface area (Å²) in [5.74, 6) is -0.128. The molecule has 0 saturated heterocycles. The van der Waals surface area contributed by atoms with Crippen LogP contribution in [-0.4, -0.2) is 31.1 Å². The van der Waals surface area contributed by atoms with Crippen LogP contribution in [0, 0.1) is 0 Å². The number of halogens is 1. The van der Waals surface area contributed by atoms with E-state index in [2.05, 4.69) is 34.5 Å². The molecule has 1 heterocycles. The maximum atomic E-state index is 12.6. The number of anilines is 1. The Balaban J connectivity index is 1.58. The maximum absolute atomic E-state index is 12.6. The molecule has 0 fully saturated rings. The third-order valence-corrected chi connectivity index (χ3v) is 5.02. The Morgan fingerprint density at radius 3 is 2.46 bits per heavy atom. The predicted octanol–water partition coefficient (Wildman–Crippen LogP) is 4.26. The zero-order valence-corrected chi connectivity index (χ0v) is 16.2. The van der Waals surface area contributed by atoms with Gasteiger partial charge in [0.1, 0.15) is 5.69 Å². The number of fused-ring (bicyclic) bond motifs is 1. The van der Waals surface area contributed by atoms with E-state index in [4.69, 9.17) is 11.6 Å². The molecule has 3 aromatic rings. The van der Waals surface area contributed by atoms with Gasteiger partial charge in [-0.05, 0) is 36.6 Å². The molecule has 0 spiro atoms. The molecule has 2 aromatic carbocycles. The third kappa shape index (κ3) is 3.70. The van der Waals surface area contributed by atoms with Crippen LogP contribution >= 0.6 is 11.6 Å². The number of nitrogens with one attached hydrogen (secondary N) is 1. The van der Waals surface area contributed by atoms with Crippen LogP contribution in [0.1, 0.15) is 22.5 Å². The van der Waals surface area contributed by atoms with Crippen LogP contribution < -0.4 is 10.2 Å². The molecule has 0 radical (unpaired) electrons. The minimum Gasteiger partial charge on any atom is -0.378 e. The Hall–Kier alpha value is -2.46. The first kappa shape index (κ1) is 18.3. The van der Waals surface area contributed by atoms with Gasteiger partial charge in [-0.1, -0.05) is 41.9 Å². The number of nitrogens with zero attached hydrogens (tertiary/aromatic N) is 2. The molecule has 26 heavy (non-hydrogen) atoms. The average molecular weight is 370 g/mol. The Morgan fingerprint density at radius 2 is 1.81 bits per heavy atom. The van der Waals surface area contributed by atoms with Crippen molar-refractivity contribution in [2.24, 2.45) is 7.05 Å². The molecule has 0 atom stereocenters. The summed E-state index contributed by atoms with van der Waals surface area (Å²) in [4.78, 5) is 14.6. The van der Waals surface area contributed by atoms with Crippen molar-refractivity contribution in [1.29, 1.82) is 0 Å². The standard InChI is InChI=1S/C21H24ClN3O/c1-24(2)16-12-10-15(11-13-16)7-6-14-23-21(26)20-19(22)17-8-4-5-9-18(17)25(20)3/h4-5,8-13H,6-7,14H2,1-3H3,(H,23,26). The fraction of sp³-hybridized carbons (Fsp3) is 0.286. The molecule has 5 heteroatoms. The molecular formula is C21H24ClN3O. The zero-order valence-electron chi connectivity index (χ0n) is 15.4. The molecule has 1 aromatic heterocycles. The van der Waals surface area contributed by atoms with E-state index in [1.807, 2.05) is 50.0 Å². The number of rotatable bonds is 6. The van der Waals surface area contributed by atoms with Crippen molar-refractivity contribution in [3.63, 3.8) is 0 Å². The van der Waals surface area contributed by atoms with Crippen molar-refractivity contribution in [3.8, 4) is 0 Å². The fourth-order valence-corrected chi connectivity index (χ4v) is 3.51. The van der Waals surface area contributed by atoms with Gasteiger partial charge in [0, 0.05) is 44.3 Å². The molecule has 3 rings (SSSR count). The van der Waals surface area contributed by atoms with Crippen LogP contribution in [0.4, 0.5) is 5.69 Å². The van der Waals surface area contributed by atoms with E-state index < -0.39 is 0 Å². The predicted molar refractivity (Wildman–Crippen MR) is 109 cm³/mol. The van der Waals surface area contributed by atoms with Gasteiger partial charge in [-0.25, -0.2) is 0 Å². The average Bonchev–Trinajstić information content (AvgIpc) is 2.90. The van der Waals surface area contributed by atoms with E-state index in [9.17, 15) is 4.79 Å². The van der Waals surface area contributed by atoms with Gasteiger partial charge in [0.25, 0.3) is 5.91 Å². The molecule has 0 bridgehead atoms. The summed E-state index contributed by atoms with van der Waals surface area (Å²) in [6.07, 6.45) is 1.81. The second-order valence-electron chi connectivity index (χ2n) is 6.66. The Morgan fingerprint density at radius 1 is 1.12 bits per heavy atom. The molecular weight excluding hydrogens is 346 g/mol. The van der Waals surface area contributed by atoms with Crippen molar-refractivity contribution in [3.05, 3.63) is 64.8 Å². The third-order valence-electron chi connectivity index (χ3n) is 4.64. The van der Waals surface area contributed by atoms with E-state index in [1.54, 1.807) is 0 Å². The SMILES string of the molecule is CN(C)c1ccc(CCCNC(=O)c2c(Cl)c3ccccc3n2C)cc1. The summed E-state index contributed by atoms with van der Waals surface area (Å²) in [6, 6.07) is 16.3. The molecule has 0 aliphatic heterocycles. The van der Waals surface area contributed by atoms with Crippen LogP contribution in [0.2, 0.25) is 5.02 Å². The number of hydrogen-bond donors (Lipinski definition) is 1. The quantitative estimate of drug-likeness (QED) is 0.659. The van der Waals surface area contributed by atoms with E-state index in [0.717, 1.165) is 23.7 Å². The van der Waals surface area contributed by atoms with Crippen molar-refractivity contribution in [2.45, 2.75) is 12.8 Å². The van der Waals surface area contributed by atoms with Gasteiger partial charge in [-0.3, -0.25) is 4.79 Å². The number of aromatic nitrogens is 1. The van der Waals surface area contributed by atoms with Gasteiger partial charge in [-0.2, -0.15) is 0 Å². The van der Waals surface area contributed by atoms with Crippen LogP contribution in [0.3, 0.4) is 0 Å². The van der Waals surface area contributed by atoms with Gasteiger partial charge < -0.3 is 14.8 Å². The van der Waals surface area contributed by atoms with Gasteiger partial charge >= 0.3 is 0 Å². The lowest BCUT2D eigenvalue weighted by Crippen LogP contribution is -2.26. The summed E-state index contributed by atoms with van der Waals surface area (Å²) in [5.41, 5.74) is 3.94. The smallest absolute Gasteiger partial charge is 0.269 e. The molecule has 1 N–H and O–H groups in total. The van der Waals surface area contributed by atoms with Crippen molar-refractivity contribution >= 4 is 34.1 Å². The maximum Gasteiger partial charge on any atom is 0.269 e. The number of aryl methyl sites for hydroxylation is 2. The number of carbonyl (C=O) groups excluding carboxylic acids is 1. The highest BCUT2D eigenvalue weighted by Gasteiger charge is 2.19. The summed E-state index contributed by atoms with van der Waals surface area (Å²) in [6.45, 7) is 0.617. The Kier molecular flexibility index (Phi) is 5.52. The molecule has 4 nitrogen and oxygen atoms in total. The number of para-hydroxylation sites is 1. The minimum absolute atomic E-state index is 0.128. The Bertz CT molecular complexity index is 874. The number of amides is 1. The largest absolute Gasteiger partial charge is 0.378 e. The van der Waals surface area contributed by atoms with Crippen LogP contribution in [0.5, 0.6) is 0 Å². The first-order chi connectivity index (χ1) is 12.5. The first-order valence-electron chi connectivity index (χ1n) is 8.76. The van der Waals surface area contributed by atoms with Gasteiger partial charge in [0.05, 0.1) is 5.02 Å². The lowest BCUT2D eigenvalue weighted by atomic mass is 10.1. The molecule has 136 valence electrons. The van der Waals surface area contributed by atoms with E-state index in [1.165, 1.54) is 11.3 Å². The van der Waals surface area contributed by atoms with E-state index in [0.29, 0.717) is 17.3 Å².